The van der Waals surface area contributed by atoms with Crippen LogP contribution >= 0.6 is 0 Å². The highest BCUT2D eigenvalue weighted by Gasteiger charge is 2.42. The zero-order valence-corrected chi connectivity index (χ0v) is 21.1. The lowest BCUT2D eigenvalue weighted by atomic mass is 9.98. The summed E-state index contributed by atoms with van der Waals surface area (Å²) in [5.74, 6) is 5.49. The number of hydrogen-bond donors (Lipinski definition) is 2. The molecule has 2 aromatic carbocycles. The number of carbonyl (C=O) groups excluding carboxylic acids is 1. The lowest BCUT2D eigenvalue weighted by Crippen LogP contribution is -2.45. The predicted octanol–water partition coefficient (Wildman–Crippen LogP) is 5.44. The lowest BCUT2D eigenvalue weighted by Gasteiger charge is -2.40. The van der Waals surface area contributed by atoms with E-state index in [-0.39, 0.29) is 35.8 Å². The molecule has 2 aliphatic heterocycles. The second-order valence-corrected chi connectivity index (χ2v) is 10.4. The molecule has 39 heavy (non-hydrogen) atoms. The maximum Gasteiger partial charge on any atom is 0.573 e. The Labute approximate surface area is 223 Å². The fourth-order valence-electron chi connectivity index (χ4n) is 5.97. The average Bonchev–Trinajstić information content (AvgIpc) is 3.62. The number of nitrogens with two attached hydrogens (primary N) is 1. The number of nitrogen functional groups attached to an aromatic ring is 1. The number of carbonyl (C=O) groups is 1. The second-order valence-electron chi connectivity index (χ2n) is 10.4. The number of benzene rings is 2. The van der Waals surface area contributed by atoms with Gasteiger partial charge in [0.05, 0.1) is 12.7 Å². The number of hydrogen-bond acceptors (Lipinski definition) is 7. The highest BCUT2D eigenvalue weighted by atomic mass is 19.4. The Balaban J connectivity index is 1.18. The number of alkyl halides is 3. The van der Waals surface area contributed by atoms with Crippen molar-refractivity contribution in [3.63, 3.8) is 0 Å². The number of aromatic nitrogens is 1. The summed E-state index contributed by atoms with van der Waals surface area (Å²) in [5, 5.41) is 4.17. The van der Waals surface area contributed by atoms with E-state index in [0.29, 0.717) is 34.7 Å². The SMILES string of the molecule is NNC(=O)c1ccc(N2[C@@H]3CC[C@H]2C[C@@H](OCc2c(-c4ccccc4OC(F)(F)F)noc2C2CC2)C3)cc1. The molecule has 2 saturated heterocycles. The van der Waals surface area contributed by atoms with Crippen molar-refractivity contribution < 1.29 is 32.0 Å². The van der Waals surface area contributed by atoms with E-state index >= 15 is 0 Å². The molecule has 1 aliphatic carbocycles. The fraction of sp³-hybridized carbons (Fsp3) is 0.429. The van der Waals surface area contributed by atoms with Gasteiger partial charge in [0.2, 0.25) is 0 Å². The van der Waals surface area contributed by atoms with Crippen LogP contribution in [-0.4, -0.2) is 35.6 Å². The first kappa shape index (κ1) is 25.7. The van der Waals surface area contributed by atoms with Crippen LogP contribution in [0.3, 0.4) is 0 Å². The maximum absolute atomic E-state index is 13.1. The quantitative estimate of drug-likeness (QED) is 0.222. The van der Waals surface area contributed by atoms with Gasteiger partial charge < -0.3 is 18.9 Å². The molecule has 3 aliphatic rings. The van der Waals surface area contributed by atoms with Crippen molar-refractivity contribution in [3.05, 3.63) is 65.4 Å². The number of para-hydroxylation sites is 1. The van der Waals surface area contributed by atoms with Crippen LogP contribution < -0.4 is 20.9 Å². The van der Waals surface area contributed by atoms with E-state index < -0.39 is 6.36 Å². The van der Waals surface area contributed by atoms with Gasteiger partial charge >= 0.3 is 6.36 Å². The van der Waals surface area contributed by atoms with E-state index in [9.17, 15) is 18.0 Å². The molecule has 6 rings (SSSR count). The second kappa shape index (κ2) is 10.2. The molecule has 3 heterocycles. The summed E-state index contributed by atoms with van der Waals surface area (Å²) in [4.78, 5) is 14.2. The zero-order valence-electron chi connectivity index (χ0n) is 21.1. The van der Waals surface area contributed by atoms with Gasteiger partial charge in [0, 0.05) is 40.4 Å². The van der Waals surface area contributed by atoms with Gasteiger partial charge in [-0.1, -0.05) is 17.3 Å². The molecule has 3 atom stereocenters. The van der Waals surface area contributed by atoms with Gasteiger partial charge in [-0.05, 0) is 74.9 Å². The van der Waals surface area contributed by atoms with E-state index in [1.807, 2.05) is 12.1 Å². The molecule has 206 valence electrons. The third-order valence-electron chi connectivity index (χ3n) is 7.85. The number of rotatable bonds is 8. The minimum absolute atomic E-state index is 0.00230. The van der Waals surface area contributed by atoms with E-state index in [2.05, 4.69) is 20.2 Å². The standard InChI is InChI=1S/C28H29F3N4O4/c29-28(30,31)38-24-4-2-1-3-22(24)25-23(26(39-34-25)16-5-6-16)15-37-21-13-19-11-12-20(14-21)35(19)18-9-7-17(8-10-18)27(36)33-32/h1-4,7-10,16,19-21H,5-6,11-15,32H2,(H,33,36)/t19-,20+,21+. The van der Waals surface area contributed by atoms with E-state index in [0.717, 1.165) is 44.2 Å². The van der Waals surface area contributed by atoms with Crippen LogP contribution in [0.15, 0.2) is 53.1 Å². The van der Waals surface area contributed by atoms with E-state index in [1.54, 1.807) is 24.3 Å². The maximum atomic E-state index is 13.1. The molecule has 3 aromatic rings. The molecule has 2 bridgehead atoms. The molecule has 0 spiro atoms. The van der Waals surface area contributed by atoms with Crippen molar-refractivity contribution in [2.75, 3.05) is 4.90 Å². The molecule has 1 amide bonds. The van der Waals surface area contributed by atoms with Crippen molar-refractivity contribution in [3.8, 4) is 17.0 Å². The molecule has 1 saturated carbocycles. The molecule has 0 radical (unpaired) electrons. The van der Waals surface area contributed by atoms with Crippen molar-refractivity contribution in [1.29, 1.82) is 0 Å². The summed E-state index contributed by atoms with van der Waals surface area (Å²) in [7, 11) is 0. The van der Waals surface area contributed by atoms with E-state index in [4.69, 9.17) is 15.1 Å². The minimum atomic E-state index is -4.82. The molecule has 8 nitrogen and oxygen atoms in total. The summed E-state index contributed by atoms with van der Waals surface area (Å²) in [6.07, 6.45) is 0.835. The van der Waals surface area contributed by atoms with Crippen LogP contribution in [-0.2, 0) is 11.3 Å². The number of fused-ring (bicyclic) bond motifs is 2. The molecule has 1 aromatic heterocycles. The third kappa shape index (κ3) is 5.33. The number of ether oxygens (including phenoxy) is 2. The summed E-state index contributed by atoms with van der Waals surface area (Å²) >= 11 is 0. The molecule has 0 unspecified atom stereocenters. The van der Waals surface area contributed by atoms with Crippen LogP contribution in [0, 0.1) is 0 Å². The van der Waals surface area contributed by atoms with Crippen LogP contribution in [0.5, 0.6) is 5.75 Å². The summed E-state index contributed by atoms with van der Waals surface area (Å²) in [6.45, 7) is 0.206. The number of hydrazine groups is 1. The molecule has 3 fully saturated rings. The highest BCUT2D eigenvalue weighted by Crippen LogP contribution is 2.46. The molecular formula is C28H29F3N4O4. The van der Waals surface area contributed by atoms with Crippen molar-refractivity contribution in [2.45, 2.75) is 75.6 Å². The normalized spacial score (nSPS) is 22.7. The Morgan fingerprint density at radius 2 is 1.74 bits per heavy atom. The first-order valence-corrected chi connectivity index (χ1v) is 13.1. The molecule has 11 heteroatoms. The summed E-state index contributed by atoms with van der Waals surface area (Å²) in [5.41, 5.74) is 4.97. The van der Waals surface area contributed by atoms with Gasteiger partial charge in [0.25, 0.3) is 5.91 Å². The number of nitrogens with zero attached hydrogens (tertiary/aromatic N) is 2. The van der Waals surface area contributed by atoms with Crippen molar-refractivity contribution in [2.24, 2.45) is 5.84 Å². The fourth-order valence-corrected chi connectivity index (χ4v) is 5.97. The van der Waals surface area contributed by atoms with Gasteiger partial charge in [-0.25, -0.2) is 5.84 Å². The third-order valence-corrected chi connectivity index (χ3v) is 7.85. The Hall–Kier alpha value is -3.57. The average molecular weight is 543 g/mol. The number of anilines is 1. The van der Waals surface area contributed by atoms with Crippen LogP contribution in [0.1, 0.15) is 66.1 Å². The van der Waals surface area contributed by atoms with Crippen LogP contribution in [0.4, 0.5) is 18.9 Å². The smallest absolute Gasteiger partial charge is 0.405 e. The first-order chi connectivity index (χ1) is 18.8. The van der Waals surface area contributed by atoms with Gasteiger partial charge in [-0.2, -0.15) is 0 Å². The zero-order chi connectivity index (χ0) is 27.1. The summed E-state index contributed by atoms with van der Waals surface area (Å²) < 4.78 is 55.5. The molecule has 3 N–H and O–H groups in total. The van der Waals surface area contributed by atoms with Gasteiger partial charge in [0.15, 0.2) is 0 Å². The van der Waals surface area contributed by atoms with Crippen LogP contribution in [0.25, 0.3) is 11.3 Å². The monoisotopic (exact) mass is 542 g/mol. The topological polar surface area (TPSA) is 103 Å². The van der Waals surface area contributed by atoms with Crippen molar-refractivity contribution in [1.82, 2.24) is 10.6 Å². The minimum Gasteiger partial charge on any atom is -0.405 e. The number of piperidine rings is 1. The largest absolute Gasteiger partial charge is 0.573 e. The van der Waals surface area contributed by atoms with E-state index in [1.165, 1.54) is 12.1 Å². The Morgan fingerprint density at radius 3 is 2.38 bits per heavy atom. The van der Waals surface area contributed by atoms with Gasteiger partial charge in [-0.3, -0.25) is 10.2 Å². The first-order valence-electron chi connectivity index (χ1n) is 13.1. The number of halogens is 3. The van der Waals surface area contributed by atoms with Gasteiger partial charge in [-0.15, -0.1) is 13.2 Å². The predicted molar refractivity (Wildman–Crippen MR) is 136 cm³/mol. The Morgan fingerprint density at radius 1 is 1.05 bits per heavy atom. The highest BCUT2D eigenvalue weighted by molar-refractivity contribution is 5.94. The summed E-state index contributed by atoms with van der Waals surface area (Å²) in [6, 6.07) is 14.0. The van der Waals surface area contributed by atoms with Crippen LogP contribution in [0.2, 0.25) is 0 Å². The number of amides is 1. The Bertz CT molecular complexity index is 1330. The number of nitrogens with one attached hydrogen (secondary N) is 1. The molecular weight excluding hydrogens is 513 g/mol. The van der Waals surface area contributed by atoms with Crippen molar-refractivity contribution >= 4 is 11.6 Å². The Kier molecular flexibility index (Phi) is 6.72. The van der Waals surface area contributed by atoms with Gasteiger partial charge in [0.1, 0.15) is 17.2 Å². The lowest BCUT2D eigenvalue weighted by molar-refractivity contribution is -0.274.